The molecule has 0 aromatic carbocycles. The lowest BCUT2D eigenvalue weighted by Crippen LogP contribution is -2.57. The fourth-order valence-corrected chi connectivity index (χ4v) is 3.08. The van der Waals surface area contributed by atoms with Crippen LogP contribution in [0.5, 0.6) is 0 Å². The Kier molecular flexibility index (Phi) is 4.55. The van der Waals surface area contributed by atoms with Gasteiger partial charge in [0.05, 0.1) is 12.1 Å². The molecular weight excluding hydrogens is 242 g/mol. The van der Waals surface area contributed by atoms with Crippen LogP contribution in [-0.4, -0.2) is 39.4 Å². The predicted molar refractivity (Wildman–Crippen MR) is 76.1 cm³/mol. The van der Waals surface area contributed by atoms with Gasteiger partial charge in [0, 0.05) is 5.54 Å². The number of hydrogen-bond acceptors (Lipinski definition) is 3. The Balaban J connectivity index is 3.05. The molecule has 1 rings (SSSR count). The molecule has 0 aromatic heterocycles. The predicted octanol–water partition coefficient (Wildman–Crippen LogP) is 3.33. The van der Waals surface area contributed by atoms with Crippen molar-refractivity contribution in [1.82, 2.24) is 4.90 Å². The second-order valence-corrected chi connectivity index (χ2v) is 7.26. The molecule has 0 spiro atoms. The third kappa shape index (κ3) is 3.41. The van der Waals surface area contributed by atoms with Crippen LogP contribution >= 0.6 is 0 Å². The van der Waals surface area contributed by atoms with Gasteiger partial charge in [0.2, 0.25) is 0 Å². The monoisotopic (exact) mass is 271 g/mol. The number of aliphatic hydroxyl groups excluding tert-OH is 1. The van der Waals surface area contributed by atoms with Gasteiger partial charge in [-0.05, 0) is 53.9 Å². The molecule has 0 saturated carbocycles. The Morgan fingerprint density at radius 1 is 1.32 bits per heavy atom. The van der Waals surface area contributed by atoms with Crippen LogP contribution in [0.4, 0.5) is 4.79 Å². The minimum absolute atomic E-state index is 0.00348. The third-order valence-corrected chi connectivity index (χ3v) is 3.87. The molecule has 4 heteroatoms. The van der Waals surface area contributed by atoms with Crippen LogP contribution in [0.15, 0.2) is 0 Å². The molecule has 1 unspecified atom stereocenters. The van der Waals surface area contributed by atoms with Crippen molar-refractivity contribution < 1.29 is 14.6 Å². The minimum Gasteiger partial charge on any atom is -0.444 e. The van der Waals surface area contributed by atoms with Crippen molar-refractivity contribution in [2.45, 2.75) is 83.9 Å². The van der Waals surface area contributed by atoms with E-state index in [1.165, 1.54) is 0 Å². The maximum Gasteiger partial charge on any atom is 0.411 e. The molecule has 0 aromatic rings. The first kappa shape index (κ1) is 16.3. The number of aliphatic hydroxyl groups is 1. The molecule has 19 heavy (non-hydrogen) atoms. The Bertz CT molecular complexity index is 333. The zero-order valence-electron chi connectivity index (χ0n) is 13.2. The van der Waals surface area contributed by atoms with Crippen LogP contribution in [0, 0.1) is 0 Å². The molecule has 1 amide bonds. The van der Waals surface area contributed by atoms with Crippen molar-refractivity contribution in [3.05, 3.63) is 0 Å². The number of carbonyl (C=O) groups excluding carboxylic acids is 1. The highest BCUT2D eigenvalue weighted by atomic mass is 16.6. The van der Waals surface area contributed by atoms with Gasteiger partial charge in [-0.25, -0.2) is 4.79 Å². The van der Waals surface area contributed by atoms with Gasteiger partial charge in [0.25, 0.3) is 0 Å². The van der Waals surface area contributed by atoms with Crippen LogP contribution < -0.4 is 0 Å². The lowest BCUT2D eigenvalue weighted by atomic mass is 9.92. The molecule has 1 heterocycles. The molecule has 4 nitrogen and oxygen atoms in total. The maximum atomic E-state index is 12.5. The summed E-state index contributed by atoms with van der Waals surface area (Å²) in [5.74, 6) is 0. The standard InChI is InChI=1S/C15H29NO3/c1-7-8-15(11-17)10-9-14(5,6)16(15)12(18)19-13(2,3)4/h17H,7-11H2,1-6H3. The normalized spacial score (nSPS) is 26.6. The number of hydrogen-bond donors (Lipinski definition) is 1. The molecule has 112 valence electrons. The average Bonchev–Trinajstić information content (AvgIpc) is 2.49. The van der Waals surface area contributed by atoms with Gasteiger partial charge in [-0.15, -0.1) is 0 Å². The van der Waals surface area contributed by atoms with E-state index in [2.05, 4.69) is 6.92 Å². The summed E-state index contributed by atoms with van der Waals surface area (Å²) in [6.45, 7) is 11.8. The summed E-state index contributed by atoms with van der Waals surface area (Å²) >= 11 is 0. The van der Waals surface area contributed by atoms with Gasteiger partial charge in [0.1, 0.15) is 5.60 Å². The lowest BCUT2D eigenvalue weighted by molar-refractivity contribution is -0.0319. The SMILES string of the molecule is CCCC1(CO)CCC(C)(C)N1C(=O)OC(C)(C)C. The molecule has 1 saturated heterocycles. The Morgan fingerprint density at radius 2 is 1.89 bits per heavy atom. The molecule has 1 aliphatic heterocycles. The average molecular weight is 271 g/mol. The van der Waals surface area contributed by atoms with Crippen molar-refractivity contribution in [1.29, 1.82) is 0 Å². The first-order valence-electron chi connectivity index (χ1n) is 7.22. The smallest absolute Gasteiger partial charge is 0.411 e. The van der Waals surface area contributed by atoms with E-state index in [1.54, 1.807) is 4.90 Å². The Hall–Kier alpha value is -0.770. The van der Waals surface area contributed by atoms with Gasteiger partial charge in [0.15, 0.2) is 0 Å². The molecule has 1 atom stereocenters. The second-order valence-electron chi connectivity index (χ2n) is 7.26. The highest BCUT2D eigenvalue weighted by Crippen LogP contribution is 2.44. The summed E-state index contributed by atoms with van der Waals surface area (Å²) in [7, 11) is 0. The third-order valence-electron chi connectivity index (χ3n) is 3.87. The minimum atomic E-state index is -0.511. The highest BCUT2D eigenvalue weighted by Gasteiger charge is 2.53. The number of carbonyl (C=O) groups is 1. The van der Waals surface area contributed by atoms with Crippen LogP contribution in [0.25, 0.3) is 0 Å². The zero-order valence-corrected chi connectivity index (χ0v) is 13.2. The highest BCUT2D eigenvalue weighted by molar-refractivity contribution is 5.71. The molecule has 0 aliphatic carbocycles. The van der Waals surface area contributed by atoms with Crippen molar-refractivity contribution in [3.8, 4) is 0 Å². The van der Waals surface area contributed by atoms with E-state index in [4.69, 9.17) is 4.74 Å². The van der Waals surface area contributed by atoms with Crippen LogP contribution in [-0.2, 0) is 4.74 Å². The number of likely N-dealkylation sites (tertiary alicyclic amines) is 1. The molecule has 1 aliphatic rings. The van der Waals surface area contributed by atoms with Crippen LogP contribution in [0.3, 0.4) is 0 Å². The quantitative estimate of drug-likeness (QED) is 0.856. The first-order valence-corrected chi connectivity index (χ1v) is 7.22. The summed E-state index contributed by atoms with van der Waals surface area (Å²) in [4.78, 5) is 14.3. The van der Waals surface area contributed by atoms with Gasteiger partial charge in [-0.3, -0.25) is 4.90 Å². The number of nitrogens with zero attached hydrogens (tertiary/aromatic N) is 1. The van der Waals surface area contributed by atoms with E-state index in [9.17, 15) is 9.90 Å². The summed E-state index contributed by atoms with van der Waals surface area (Å²) < 4.78 is 5.54. The number of amides is 1. The van der Waals surface area contributed by atoms with Crippen molar-refractivity contribution >= 4 is 6.09 Å². The molecule has 0 radical (unpaired) electrons. The summed E-state index contributed by atoms with van der Waals surface area (Å²) in [6.07, 6.45) is 3.18. The van der Waals surface area contributed by atoms with E-state index in [0.717, 1.165) is 25.7 Å². The van der Waals surface area contributed by atoms with E-state index in [-0.39, 0.29) is 18.2 Å². The summed E-state index contributed by atoms with van der Waals surface area (Å²) in [6, 6.07) is 0. The van der Waals surface area contributed by atoms with Crippen molar-refractivity contribution in [2.75, 3.05) is 6.61 Å². The van der Waals surface area contributed by atoms with E-state index >= 15 is 0 Å². The Labute approximate surface area is 117 Å². The molecular formula is C15H29NO3. The second kappa shape index (κ2) is 5.31. The van der Waals surface area contributed by atoms with E-state index in [0.29, 0.717) is 0 Å². The van der Waals surface area contributed by atoms with E-state index < -0.39 is 11.1 Å². The number of rotatable bonds is 3. The van der Waals surface area contributed by atoms with Gasteiger partial charge >= 0.3 is 6.09 Å². The van der Waals surface area contributed by atoms with E-state index in [1.807, 2.05) is 34.6 Å². The zero-order chi connectivity index (χ0) is 14.9. The van der Waals surface area contributed by atoms with Crippen molar-refractivity contribution in [3.63, 3.8) is 0 Å². The molecule has 1 fully saturated rings. The van der Waals surface area contributed by atoms with Crippen molar-refractivity contribution in [2.24, 2.45) is 0 Å². The van der Waals surface area contributed by atoms with Gasteiger partial charge in [-0.1, -0.05) is 13.3 Å². The number of ether oxygens (including phenoxy) is 1. The maximum absolute atomic E-state index is 12.5. The summed E-state index contributed by atoms with van der Waals surface area (Å²) in [5.41, 5.74) is -1.23. The Morgan fingerprint density at radius 3 is 2.32 bits per heavy atom. The van der Waals surface area contributed by atoms with Crippen LogP contribution in [0.2, 0.25) is 0 Å². The lowest BCUT2D eigenvalue weighted by Gasteiger charge is -2.43. The van der Waals surface area contributed by atoms with Crippen LogP contribution in [0.1, 0.15) is 67.2 Å². The fraction of sp³-hybridized carbons (Fsp3) is 0.933. The topological polar surface area (TPSA) is 49.8 Å². The molecule has 1 N–H and O–H groups in total. The molecule has 0 bridgehead atoms. The van der Waals surface area contributed by atoms with Gasteiger partial charge < -0.3 is 9.84 Å². The first-order chi connectivity index (χ1) is 8.58. The summed E-state index contributed by atoms with van der Waals surface area (Å²) in [5, 5.41) is 9.85. The van der Waals surface area contributed by atoms with Gasteiger partial charge in [-0.2, -0.15) is 0 Å². The fourth-order valence-electron chi connectivity index (χ4n) is 3.08. The largest absolute Gasteiger partial charge is 0.444 e.